The summed E-state index contributed by atoms with van der Waals surface area (Å²) in [4.78, 5) is 46.4. The third-order valence-electron chi connectivity index (χ3n) is 4.92. The Hall–Kier alpha value is -2.44. The molecule has 16 heteroatoms. The van der Waals surface area contributed by atoms with Crippen molar-refractivity contribution >= 4 is 23.6 Å². The number of hydrogen-bond acceptors (Lipinski definition) is 12. The molecule has 0 aromatic heterocycles. The number of rotatable bonds is 20. The number of amides is 4. The van der Waals surface area contributed by atoms with Gasteiger partial charge in [0.2, 0.25) is 23.6 Å². The topological polar surface area (TPSA) is 199 Å². The zero-order chi connectivity index (χ0) is 28.4. The number of carbonyl (C=O) groups is 4. The van der Waals surface area contributed by atoms with Crippen molar-refractivity contribution in [3.63, 3.8) is 0 Å². The van der Waals surface area contributed by atoms with Crippen LogP contribution in [-0.4, -0.2) is 146 Å². The summed E-state index contributed by atoms with van der Waals surface area (Å²) in [6.07, 6.45) is -0.454. The molecule has 0 radical (unpaired) electrons. The average molecular weight is 541 g/mol. The van der Waals surface area contributed by atoms with E-state index in [2.05, 4.69) is 0 Å². The predicted octanol–water partition coefficient (Wildman–Crippen LogP) is -1.01. The van der Waals surface area contributed by atoms with E-state index in [-0.39, 0.29) is 78.5 Å². The molecule has 4 N–H and O–H groups in total. The molecule has 0 spiro atoms. The summed E-state index contributed by atoms with van der Waals surface area (Å²) in [6.45, 7) is -0.477. The highest BCUT2D eigenvalue weighted by atomic mass is 16.5. The number of carbonyl (C=O) groups excluding carboxylic acids is 4. The summed E-state index contributed by atoms with van der Waals surface area (Å²) in [5, 5.41) is 38.5. The fourth-order valence-electron chi connectivity index (χ4n) is 2.69. The lowest BCUT2D eigenvalue weighted by atomic mass is 9.92. The first-order chi connectivity index (χ1) is 17.3. The molecule has 0 fully saturated rings. The fraction of sp³-hybridized carbons (Fsp3) is 0.810. The van der Waals surface area contributed by atoms with E-state index in [9.17, 15) is 40.0 Å². The molecular formula is C21H40N4O12. The van der Waals surface area contributed by atoms with Crippen molar-refractivity contribution in [2.24, 2.45) is 5.41 Å². The van der Waals surface area contributed by atoms with E-state index in [0.717, 1.165) is 0 Å². The lowest BCUT2D eigenvalue weighted by molar-refractivity contribution is -0.163. The standard InChI is InChI=1S/C21H40N4O12/c1-22(30)17(26)5-9-34-13-21(14-35-10-6-18(27)23(2)31,15-36-11-7-19(28)24(3)32)16-37-12-8-20(29)25(4)33/h30-33H,5-16H2,1-4H3. The van der Waals surface area contributed by atoms with Gasteiger partial charge in [-0.1, -0.05) is 0 Å². The first-order valence-corrected chi connectivity index (χ1v) is 11.4. The van der Waals surface area contributed by atoms with Crippen molar-refractivity contribution in [3.05, 3.63) is 0 Å². The molecule has 0 aromatic carbocycles. The van der Waals surface area contributed by atoms with Crippen LogP contribution < -0.4 is 0 Å². The number of nitrogens with zero attached hydrogens (tertiary/aromatic N) is 4. The van der Waals surface area contributed by atoms with Gasteiger partial charge in [0, 0.05) is 28.2 Å². The maximum atomic E-state index is 11.6. The average Bonchev–Trinajstić information content (AvgIpc) is 2.83. The van der Waals surface area contributed by atoms with E-state index < -0.39 is 29.0 Å². The molecule has 0 aromatic rings. The molecule has 0 saturated carbocycles. The van der Waals surface area contributed by atoms with E-state index in [1.165, 1.54) is 28.2 Å². The van der Waals surface area contributed by atoms with Gasteiger partial charge in [-0.3, -0.25) is 40.0 Å². The summed E-state index contributed by atoms with van der Waals surface area (Å²) in [6, 6.07) is 0. The van der Waals surface area contributed by atoms with Crippen LogP contribution in [0.4, 0.5) is 0 Å². The third-order valence-corrected chi connectivity index (χ3v) is 4.92. The van der Waals surface area contributed by atoms with Crippen LogP contribution in [0.15, 0.2) is 0 Å². The molecular weight excluding hydrogens is 500 g/mol. The van der Waals surface area contributed by atoms with E-state index >= 15 is 0 Å². The predicted molar refractivity (Wildman–Crippen MR) is 122 cm³/mol. The van der Waals surface area contributed by atoms with E-state index in [4.69, 9.17) is 18.9 Å². The summed E-state index contributed by atoms with van der Waals surface area (Å²) in [5.41, 5.74) is -1.02. The van der Waals surface area contributed by atoms with Gasteiger partial charge in [-0.15, -0.1) is 0 Å². The molecule has 0 heterocycles. The van der Waals surface area contributed by atoms with Gasteiger partial charge in [0.25, 0.3) is 0 Å². The van der Waals surface area contributed by atoms with E-state index in [1.807, 2.05) is 0 Å². The molecule has 216 valence electrons. The summed E-state index contributed by atoms with van der Waals surface area (Å²) >= 11 is 0. The largest absolute Gasteiger partial charge is 0.380 e. The highest BCUT2D eigenvalue weighted by Gasteiger charge is 2.33. The first kappa shape index (κ1) is 34.6. The number of hydrogen-bond donors (Lipinski definition) is 4. The monoisotopic (exact) mass is 540 g/mol. The Balaban J connectivity index is 5.31. The van der Waals surface area contributed by atoms with Crippen molar-refractivity contribution < 1.29 is 59.0 Å². The molecule has 0 saturated heterocycles. The van der Waals surface area contributed by atoms with Crippen LogP contribution in [0.25, 0.3) is 0 Å². The van der Waals surface area contributed by atoms with E-state index in [0.29, 0.717) is 20.3 Å². The van der Waals surface area contributed by atoms with Crippen LogP contribution in [0.5, 0.6) is 0 Å². The van der Waals surface area contributed by atoms with Gasteiger partial charge in [0.05, 0.1) is 84.0 Å². The van der Waals surface area contributed by atoms with Crippen LogP contribution in [-0.2, 0) is 38.1 Å². The van der Waals surface area contributed by atoms with Gasteiger partial charge < -0.3 is 18.9 Å². The normalized spacial score (nSPS) is 11.2. The molecule has 0 rings (SSSR count). The highest BCUT2D eigenvalue weighted by molar-refractivity contribution is 5.75. The SMILES string of the molecule is CN(O)C(=O)CCOCC(COCCC(=O)N(C)O)(COCCC(=O)N(C)O)COCCC(=O)N(C)O. The van der Waals surface area contributed by atoms with Crippen molar-refractivity contribution in [1.29, 1.82) is 0 Å². The minimum absolute atomic E-state index is 0.0547. The minimum atomic E-state index is -1.02. The summed E-state index contributed by atoms with van der Waals surface area (Å²) in [7, 11) is 4.74. The second kappa shape index (κ2) is 18.8. The molecule has 0 unspecified atom stereocenters. The van der Waals surface area contributed by atoms with Gasteiger partial charge in [-0.25, -0.2) is 20.3 Å². The van der Waals surface area contributed by atoms with Gasteiger partial charge in [0.15, 0.2) is 0 Å². The number of ether oxygens (including phenoxy) is 4. The summed E-state index contributed by atoms with van der Waals surface area (Å²) < 4.78 is 22.5. The van der Waals surface area contributed by atoms with Crippen molar-refractivity contribution in [1.82, 2.24) is 20.3 Å². The highest BCUT2D eigenvalue weighted by Crippen LogP contribution is 2.22. The van der Waals surface area contributed by atoms with Crippen molar-refractivity contribution in [3.8, 4) is 0 Å². The van der Waals surface area contributed by atoms with Crippen LogP contribution in [0.3, 0.4) is 0 Å². The zero-order valence-corrected chi connectivity index (χ0v) is 21.8. The second-order valence-corrected chi connectivity index (χ2v) is 8.38. The molecule has 16 nitrogen and oxygen atoms in total. The van der Waals surface area contributed by atoms with Crippen LogP contribution in [0.1, 0.15) is 25.7 Å². The lowest BCUT2D eigenvalue weighted by Gasteiger charge is -2.33. The maximum Gasteiger partial charge on any atom is 0.247 e. The Morgan fingerprint density at radius 2 is 0.676 bits per heavy atom. The molecule has 0 bridgehead atoms. The molecule has 0 aliphatic rings. The quantitative estimate of drug-likeness (QED) is 0.0834. The fourth-order valence-corrected chi connectivity index (χ4v) is 2.69. The first-order valence-electron chi connectivity index (χ1n) is 11.4. The Kier molecular flexibility index (Phi) is 17.5. The Bertz CT molecular complexity index is 586. The molecule has 4 amide bonds. The van der Waals surface area contributed by atoms with Gasteiger partial charge >= 0.3 is 0 Å². The van der Waals surface area contributed by atoms with Crippen LogP contribution >= 0.6 is 0 Å². The van der Waals surface area contributed by atoms with Crippen molar-refractivity contribution in [2.45, 2.75) is 25.7 Å². The molecule has 37 heavy (non-hydrogen) atoms. The summed E-state index contributed by atoms with van der Waals surface area (Å²) in [5.74, 6) is -2.28. The third kappa shape index (κ3) is 16.1. The second-order valence-electron chi connectivity index (χ2n) is 8.38. The Morgan fingerprint density at radius 3 is 0.838 bits per heavy atom. The smallest absolute Gasteiger partial charge is 0.247 e. The molecule has 0 atom stereocenters. The van der Waals surface area contributed by atoms with Gasteiger partial charge in [-0.05, 0) is 0 Å². The van der Waals surface area contributed by atoms with Crippen LogP contribution in [0.2, 0.25) is 0 Å². The Morgan fingerprint density at radius 1 is 0.486 bits per heavy atom. The minimum Gasteiger partial charge on any atom is -0.380 e. The lowest BCUT2D eigenvalue weighted by Crippen LogP contribution is -2.43. The molecule has 0 aliphatic carbocycles. The van der Waals surface area contributed by atoms with E-state index in [1.54, 1.807) is 0 Å². The Labute approximate surface area is 215 Å². The van der Waals surface area contributed by atoms with Crippen molar-refractivity contribution in [2.75, 3.05) is 81.0 Å². The number of hydroxylamine groups is 8. The maximum absolute atomic E-state index is 11.6. The molecule has 0 aliphatic heterocycles. The van der Waals surface area contributed by atoms with Gasteiger partial charge in [-0.2, -0.15) is 0 Å². The van der Waals surface area contributed by atoms with Crippen LogP contribution in [0, 0.1) is 5.41 Å². The zero-order valence-electron chi connectivity index (χ0n) is 21.8. The van der Waals surface area contributed by atoms with Gasteiger partial charge in [0.1, 0.15) is 0 Å².